The summed E-state index contributed by atoms with van der Waals surface area (Å²) in [6.07, 6.45) is -0.719. The van der Waals surface area contributed by atoms with Gasteiger partial charge in [0.25, 0.3) is 0 Å². The molecule has 112 valence electrons. The van der Waals surface area contributed by atoms with Crippen LogP contribution >= 0.6 is 0 Å². The predicted octanol–water partition coefficient (Wildman–Crippen LogP) is 4.57. The van der Waals surface area contributed by atoms with Crippen molar-refractivity contribution in [3.05, 3.63) is 58.4 Å². The molecule has 1 N–H and O–H groups in total. The van der Waals surface area contributed by atoms with Crippen molar-refractivity contribution in [2.45, 2.75) is 33.8 Å². The number of aliphatic hydroxyl groups excluding tert-OH is 1. The van der Waals surface area contributed by atoms with E-state index in [1.54, 1.807) is 19.9 Å². The number of nitrogens with zero attached hydrogens (tertiary/aromatic N) is 1. The van der Waals surface area contributed by atoms with Crippen molar-refractivity contribution in [2.75, 3.05) is 11.9 Å². The lowest BCUT2D eigenvalue weighted by atomic mass is 10.0. The molecule has 0 aromatic heterocycles. The number of anilines is 2. The van der Waals surface area contributed by atoms with Crippen LogP contribution in [0.15, 0.2) is 30.3 Å². The van der Waals surface area contributed by atoms with Crippen LogP contribution in [-0.2, 0) is 0 Å². The van der Waals surface area contributed by atoms with E-state index in [1.807, 2.05) is 11.9 Å². The van der Waals surface area contributed by atoms with Crippen LogP contribution in [0, 0.1) is 26.6 Å². The molecule has 0 bridgehead atoms. The van der Waals surface area contributed by atoms with Gasteiger partial charge >= 0.3 is 0 Å². The summed E-state index contributed by atoms with van der Waals surface area (Å²) in [7, 11) is 1.94. The molecule has 0 saturated carbocycles. The minimum Gasteiger partial charge on any atom is -0.389 e. The van der Waals surface area contributed by atoms with Crippen LogP contribution in [0.25, 0.3) is 0 Å². The summed E-state index contributed by atoms with van der Waals surface area (Å²) in [6, 6.07) is 9.49. The monoisotopic (exact) mass is 287 g/mol. The molecule has 0 spiro atoms. The van der Waals surface area contributed by atoms with Crippen molar-refractivity contribution in [1.29, 1.82) is 0 Å². The third-order valence-electron chi connectivity index (χ3n) is 3.71. The largest absolute Gasteiger partial charge is 0.389 e. The molecule has 2 aromatic carbocycles. The van der Waals surface area contributed by atoms with Crippen molar-refractivity contribution in [3.8, 4) is 0 Å². The van der Waals surface area contributed by atoms with Crippen molar-refractivity contribution in [2.24, 2.45) is 0 Å². The highest BCUT2D eigenvalue weighted by Crippen LogP contribution is 2.33. The average Bonchev–Trinajstić information content (AvgIpc) is 2.39. The SMILES string of the molecule is Cc1cc(C)cc(N(C)c2cc(C)c(F)cc2C(C)O)c1. The van der Waals surface area contributed by atoms with Gasteiger partial charge in [-0.15, -0.1) is 0 Å². The molecule has 21 heavy (non-hydrogen) atoms. The number of hydrogen-bond acceptors (Lipinski definition) is 2. The van der Waals surface area contributed by atoms with E-state index in [9.17, 15) is 9.50 Å². The van der Waals surface area contributed by atoms with Gasteiger partial charge in [-0.25, -0.2) is 4.39 Å². The fourth-order valence-corrected chi connectivity index (χ4v) is 2.59. The van der Waals surface area contributed by atoms with Gasteiger partial charge in [0.2, 0.25) is 0 Å². The summed E-state index contributed by atoms with van der Waals surface area (Å²) in [5.41, 5.74) is 5.38. The number of rotatable bonds is 3. The molecule has 0 saturated heterocycles. The molecular formula is C18H22FNO. The smallest absolute Gasteiger partial charge is 0.126 e. The Morgan fingerprint density at radius 3 is 2.10 bits per heavy atom. The highest BCUT2D eigenvalue weighted by molar-refractivity contribution is 5.68. The lowest BCUT2D eigenvalue weighted by Crippen LogP contribution is -2.14. The standard InChI is InChI=1S/C18H22FNO/c1-11-6-12(2)8-15(7-11)20(5)18-9-13(3)17(19)10-16(18)14(4)21/h6-10,14,21H,1-5H3. The van der Waals surface area contributed by atoms with Crippen LogP contribution in [-0.4, -0.2) is 12.2 Å². The zero-order valence-corrected chi connectivity index (χ0v) is 13.2. The Kier molecular flexibility index (Phi) is 4.33. The molecule has 0 fully saturated rings. The maximum Gasteiger partial charge on any atom is 0.126 e. The minimum atomic E-state index is -0.719. The highest BCUT2D eigenvalue weighted by Gasteiger charge is 2.16. The average molecular weight is 287 g/mol. The predicted molar refractivity (Wildman–Crippen MR) is 85.7 cm³/mol. The minimum absolute atomic E-state index is 0.288. The fourth-order valence-electron chi connectivity index (χ4n) is 2.59. The Hall–Kier alpha value is -1.87. The summed E-state index contributed by atoms with van der Waals surface area (Å²) in [6.45, 7) is 7.49. The van der Waals surface area contributed by atoms with Gasteiger partial charge in [-0.2, -0.15) is 0 Å². The van der Waals surface area contributed by atoms with E-state index in [1.165, 1.54) is 17.2 Å². The molecule has 0 radical (unpaired) electrons. The lowest BCUT2D eigenvalue weighted by Gasteiger charge is -2.25. The van der Waals surface area contributed by atoms with Crippen LogP contribution in [0.2, 0.25) is 0 Å². The van der Waals surface area contributed by atoms with Gasteiger partial charge in [-0.05, 0) is 68.7 Å². The molecule has 1 atom stereocenters. The number of benzene rings is 2. The third-order valence-corrected chi connectivity index (χ3v) is 3.71. The van der Waals surface area contributed by atoms with Gasteiger partial charge in [0.15, 0.2) is 0 Å². The van der Waals surface area contributed by atoms with Crippen LogP contribution in [0.3, 0.4) is 0 Å². The van der Waals surface area contributed by atoms with E-state index in [0.717, 1.165) is 11.4 Å². The number of aryl methyl sites for hydroxylation is 3. The van der Waals surface area contributed by atoms with Gasteiger partial charge in [-0.1, -0.05) is 6.07 Å². The highest BCUT2D eigenvalue weighted by atomic mass is 19.1. The van der Waals surface area contributed by atoms with E-state index in [-0.39, 0.29) is 5.82 Å². The Labute approximate surface area is 125 Å². The Morgan fingerprint density at radius 2 is 1.57 bits per heavy atom. The van der Waals surface area contributed by atoms with Crippen LogP contribution in [0.1, 0.15) is 35.3 Å². The van der Waals surface area contributed by atoms with Crippen molar-refractivity contribution < 1.29 is 9.50 Å². The Bertz CT molecular complexity index is 644. The molecule has 1 unspecified atom stereocenters. The molecule has 3 heteroatoms. The number of hydrogen-bond donors (Lipinski definition) is 1. The second kappa shape index (κ2) is 5.86. The van der Waals surface area contributed by atoms with Gasteiger partial charge in [0, 0.05) is 24.0 Å². The molecular weight excluding hydrogens is 265 g/mol. The van der Waals surface area contributed by atoms with Crippen molar-refractivity contribution in [1.82, 2.24) is 0 Å². The lowest BCUT2D eigenvalue weighted by molar-refractivity contribution is 0.199. The fraction of sp³-hybridized carbons (Fsp3) is 0.333. The van der Waals surface area contributed by atoms with Gasteiger partial charge in [0.1, 0.15) is 5.82 Å². The van der Waals surface area contributed by atoms with Crippen molar-refractivity contribution >= 4 is 11.4 Å². The molecule has 0 heterocycles. The molecule has 0 aliphatic heterocycles. The Morgan fingerprint density at radius 1 is 1.00 bits per heavy atom. The zero-order chi connectivity index (χ0) is 15.7. The third kappa shape index (κ3) is 3.24. The van der Waals surface area contributed by atoms with Crippen LogP contribution < -0.4 is 4.90 Å². The first-order valence-corrected chi connectivity index (χ1v) is 7.09. The van der Waals surface area contributed by atoms with E-state index in [0.29, 0.717) is 11.1 Å². The van der Waals surface area contributed by atoms with Crippen LogP contribution in [0.5, 0.6) is 0 Å². The van der Waals surface area contributed by atoms with Gasteiger partial charge < -0.3 is 10.0 Å². The first kappa shape index (κ1) is 15.5. The summed E-state index contributed by atoms with van der Waals surface area (Å²) in [4.78, 5) is 1.99. The van der Waals surface area contributed by atoms with Crippen LogP contribution in [0.4, 0.5) is 15.8 Å². The van der Waals surface area contributed by atoms with Gasteiger partial charge in [-0.3, -0.25) is 0 Å². The molecule has 2 aromatic rings. The second-order valence-electron chi connectivity index (χ2n) is 5.74. The molecule has 2 rings (SSSR count). The summed E-state index contributed by atoms with van der Waals surface area (Å²) in [5, 5.41) is 9.93. The first-order chi connectivity index (χ1) is 9.79. The summed E-state index contributed by atoms with van der Waals surface area (Å²) in [5.74, 6) is -0.288. The number of aliphatic hydroxyl groups is 1. The van der Waals surface area contributed by atoms with E-state index >= 15 is 0 Å². The van der Waals surface area contributed by atoms with E-state index in [4.69, 9.17) is 0 Å². The zero-order valence-electron chi connectivity index (χ0n) is 13.2. The molecule has 0 aliphatic rings. The van der Waals surface area contributed by atoms with E-state index < -0.39 is 6.10 Å². The maximum absolute atomic E-state index is 13.8. The molecule has 2 nitrogen and oxygen atoms in total. The summed E-state index contributed by atoms with van der Waals surface area (Å²) >= 11 is 0. The first-order valence-electron chi connectivity index (χ1n) is 7.09. The van der Waals surface area contributed by atoms with Gasteiger partial charge in [0.05, 0.1) is 6.10 Å². The normalized spacial score (nSPS) is 12.3. The molecule has 0 aliphatic carbocycles. The molecule has 0 amide bonds. The van der Waals surface area contributed by atoms with E-state index in [2.05, 4.69) is 32.0 Å². The summed E-state index contributed by atoms with van der Waals surface area (Å²) < 4.78 is 13.8. The van der Waals surface area contributed by atoms with Crippen molar-refractivity contribution in [3.63, 3.8) is 0 Å². The second-order valence-corrected chi connectivity index (χ2v) is 5.74. The maximum atomic E-state index is 13.8. The number of halogens is 1. The Balaban J connectivity index is 2.56. The topological polar surface area (TPSA) is 23.5 Å². The quantitative estimate of drug-likeness (QED) is 0.893.